The summed E-state index contributed by atoms with van der Waals surface area (Å²) in [5, 5.41) is 0.769. The van der Waals surface area contributed by atoms with Gasteiger partial charge in [0.15, 0.2) is 0 Å². The third kappa shape index (κ3) is 8.00. The maximum atomic E-state index is 14.8. The summed E-state index contributed by atoms with van der Waals surface area (Å²) in [6.45, 7) is 9.99. The first-order chi connectivity index (χ1) is 24.1. The highest BCUT2D eigenvalue weighted by molar-refractivity contribution is 6.09. The molecule has 2 heterocycles. The summed E-state index contributed by atoms with van der Waals surface area (Å²) < 4.78 is 34.5. The minimum atomic E-state index is -0.606. The molecule has 260 valence electrons. The van der Waals surface area contributed by atoms with Crippen LogP contribution in [0.25, 0.3) is 16.6 Å². The van der Waals surface area contributed by atoms with Crippen LogP contribution < -0.4 is 4.74 Å². The molecule has 0 saturated carbocycles. The van der Waals surface area contributed by atoms with Gasteiger partial charge in [0.25, 0.3) is 5.91 Å². The summed E-state index contributed by atoms with van der Waals surface area (Å²) in [5.74, 6) is 0.218. The molecule has 6 rings (SSSR count). The van der Waals surface area contributed by atoms with Gasteiger partial charge in [0.2, 0.25) is 0 Å². The van der Waals surface area contributed by atoms with Crippen molar-refractivity contribution in [3.8, 4) is 11.4 Å². The topological polar surface area (TPSA) is 73.2 Å². The first-order valence-electron chi connectivity index (χ1n) is 17.1. The van der Waals surface area contributed by atoms with Crippen LogP contribution in [0.15, 0.2) is 97.1 Å². The van der Waals surface area contributed by atoms with Crippen LogP contribution in [0, 0.1) is 12.7 Å². The van der Waals surface area contributed by atoms with Crippen LogP contribution in [0.1, 0.15) is 53.5 Å². The zero-order chi connectivity index (χ0) is 35.3. The Kier molecular flexibility index (Phi) is 10.5. The van der Waals surface area contributed by atoms with E-state index >= 15 is 0 Å². The lowest BCUT2D eigenvalue weighted by Gasteiger charge is -2.35. The number of ether oxygens (including phenoxy) is 3. The molecule has 9 heteroatoms. The Morgan fingerprint density at radius 3 is 2.18 bits per heavy atom. The molecule has 1 saturated heterocycles. The molecule has 2 amide bonds. The Hall–Kier alpha value is -5.15. The molecule has 1 aliphatic heterocycles. The SMILES string of the molecule is Cc1c(F)cccc1Cc1c(C(=O)N2CCN(C(=O)OC(C)(C)C)CC2)c2ccc(OCCOCc3ccccc3)cc2n1-c1ccccc1. The monoisotopic (exact) mass is 677 g/mol. The molecule has 4 aromatic carbocycles. The predicted molar refractivity (Wildman–Crippen MR) is 193 cm³/mol. The van der Waals surface area contributed by atoms with Gasteiger partial charge in [0.1, 0.15) is 23.8 Å². The normalized spacial score (nSPS) is 13.5. The number of para-hydroxylation sites is 1. The minimum Gasteiger partial charge on any atom is -0.491 e. The maximum absolute atomic E-state index is 14.8. The van der Waals surface area contributed by atoms with Gasteiger partial charge in [-0.1, -0.05) is 60.7 Å². The molecule has 5 aromatic rings. The lowest BCUT2D eigenvalue weighted by atomic mass is 9.99. The number of hydrogen-bond acceptors (Lipinski definition) is 5. The van der Waals surface area contributed by atoms with Crippen LogP contribution in [0.2, 0.25) is 0 Å². The van der Waals surface area contributed by atoms with Gasteiger partial charge in [-0.05, 0) is 74.7 Å². The summed E-state index contributed by atoms with van der Waals surface area (Å²) in [4.78, 5) is 30.8. The molecular formula is C41H44FN3O5. The molecule has 1 aliphatic rings. The third-order valence-electron chi connectivity index (χ3n) is 8.83. The van der Waals surface area contributed by atoms with Crippen molar-refractivity contribution in [1.82, 2.24) is 14.4 Å². The van der Waals surface area contributed by atoms with E-state index in [2.05, 4.69) is 4.57 Å². The fraction of sp³-hybridized carbons (Fsp3) is 0.317. The zero-order valence-corrected chi connectivity index (χ0v) is 29.2. The number of nitrogens with zero attached hydrogens (tertiary/aromatic N) is 3. The van der Waals surface area contributed by atoms with Crippen molar-refractivity contribution in [3.63, 3.8) is 0 Å². The quantitative estimate of drug-likeness (QED) is 0.140. The molecule has 8 nitrogen and oxygen atoms in total. The molecule has 0 spiro atoms. The van der Waals surface area contributed by atoms with E-state index in [1.54, 1.807) is 22.8 Å². The highest BCUT2D eigenvalue weighted by Gasteiger charge is 2.32. The number of fused-ring (bicyclic) bond motifs is 1. The van der Waals surface area contributed by atoms with Gasteiger partial charge in [-0.25, -0.2) is 9.18 Å². The summed E-state index contributed by atoms with van der Waals surface area (Å²) in [5.41, 5.74) is 4.81. The molecule has 50 heavy (non-hydrogen) atoms. The second-order valence-electron chi connectivity index (χ2n) is 13.5. The van der Waals surface area contributed by atoms with Crippen LogP contribution >= 0.6 is 0 Å². The molecular weight excluding hydrogens is 633 g/mol. The third-order valence-corrected chi connectivity index (χ3v) is 8.83. The van der Waals surface area contributed by atoms with Gasteiger partial charge in [0.05, 0.1) is 24.3 Å². The lowest BCUT2D eigenvalue weighted by molar-refractivity contribution is 0.0141. The van der Waals surface area contributed by atoms with Gasteiger partial charge in [0, 0.05) is 55.4 Å². The Morgan fingerprint density at radius 2 is 1.48 bits per heavy atom. The van der Waals surface area contributed by atoms with E-state index in [-0.39, 0.29) is 17.8 Å². The van der Waals surface area contributed by atoms with Gasteiger partial charge in [-0.3, -0.25) is 4.79 Å². The molecule has 0 unspecified atom stereocenters. The summed E-state index contributed by atoms with van der Waals surface area (Å²) in [6, 6.07) is 30.7. The number of rotatable bonds is 10. The maximum Gasteiger partial charge on any atom is 0.410 e. The van der Waals surface area contributed by atoms with E-state index in [1.165, 1.54) is 6.07 Å². The molecule has 0 atom stereocenters. The first-order valence-corrected chi connectivity index (χ1v) is 17.1. The van der Waals surface area contributed by atoms with E-state index in [0.717, 1.165) is 33.4 Å². The second kappa shape index (κ2) is 15.2. The van der Waals surface area contributed by atoms with Crippen molar-refractivity contribution in [1.29, 1.82) is 0 Å². The van der Waals surface area contributed by atoms with E-state index in [4.69, 9.17) is 14.2 Å². The Morgan fingerprint density at radius 1 is 0.800 bits per heavy atom. The number of piperazine rings is 1. The van der Waals surface area contributed by atoms with Crippen LogP contribution in [-0.4, -0.2) is 71.4 Å². The number of amides is 2. The van der Waals surface area contributed by atoms with E-state index in [0.29, 0.717) is 69.3 Å². The van der Waals surface area contributed by atoms with E-state index < -0.39 is 5.60 Å². The molecule has 1 fully saturated rings. The average molecular weight is 678 g/mol. The molecule has 0 radical (unpaired) electrons. The fourth-order valence-corrected chi connectivity index (χ4v) is 6.27. The second-order valence-corrected chi connectivity index (χ2v) is 13.5. The Bertz CT molecular complexity index is 1940. The van der Waals surface area contributed by atoms with E-state index in [1.807, 2.05) is 106 Å². The highest BCUT2D eigenvalue weighted by Crippen LogP contribution is 2.35. The van der Waals surface area contributed by atoms with Gasteiger partial charge < -0.3 is 28.6 Å². The standard InChI is InChI=1S/C41H44FN3O5/c1-29-31(14-11-17-35(29)42)26-37-38(39(46)43-20-22-44(23-21-43)40(47)50-41(2,3)4)34-19-18-33(27-36(34)45(37)32-15-9-6-10-16-32)49-25-24-48-28-30-12-7-5-8-13-30/h5-19,27H,20-26,28H2,1-4H3. The van der Waals surface area contributed by atoms with Gasteiger partial charge >= 0.3 is 6.09 Å². The van der Waals surface area contributed by atoms with Gasteiger partial charge in [-0.15, -0.1) is 0 Å². The number of carbonyl (C=O) groups excluding carboxylic acids is 2. The van der Waals surface area contributed by atoms with Crippen molar-refractivity contribution in [2.75, 3.05) is 39.4 Å². The molecule has 0 bridgehead atoms. The van der Waals surface area contributed by atoms with Crippen molar-refractivity contribution in [3.05, 3.63) is 131 Å². The van der Waals surface area contributed by atoms with Crippen LogP contribution in [0.3, 0.4) is 0 Å². The largest absolute Gasteiger partial charge is 0.491 e. The number of benzene rings is 4. The predicted octanol–water partition coefficient (Wildman–Crippen LogP) is 7.96. The van der Waals surface area contributed by atoms with Crippen LogP contribution in [0.5, 0.6) is 5.75 Å². The van der Waals surface area contributed by atoms with Crippen molar-refractivity contribution < 1.29 is 28.2 Å². The van der Waals surface area contributed by atoms with Crippen LogP contribution in [0.4, 0.5) is 9.18 Å². The number of halogens is 1. The highest BCUT2D eigenvalue weighted by atomic mass is 19.1. The minimum absolute atomic E-state index is 0.138. The summed E-state index contributed by atoms with van der Waals surface area (Å²) in [7, 11) is 0. The number of carbonyl (C=O) groups is 2. The summed E-state index contributed by atoms with van der Waals surface area (Å²) in [6.07, 6.45) is -0.0548. The number of aromatic nitrogens is 1. The number of hydrogen-bond donors (Lipinski definition) is 0. The van der Waals surface area contributed by atoms with E-state index in [9.17, 15) is 14.0 Å². The van der Waals surface area contributed by atoms with Crippen molar-refractivity contribution >= 4 is 22.9 Å². The average Bonchev–Trinajstić information content (AvgIpc) is 3.42. The fourth-order valence-electron chi connectivity index (χ4n) is 6.27. The van der Waals surface area contributed by atoms with Crippen LogP contribution in [-0.2, 0) is 22.5 Å². The Labute approximate surface area is 293 Å². The van der Waals surface area contributed by atoms with Gasteiger partial charge in [-0.2, -0.15) is 0 Å². The first kappa shape index (κ1) is 34.7. The summed E-state index contributed by atoms with van der Waals surface area (Å²) >= 11 is 0. The Balaban J connectivity index is 1.34. The molecule has 1 aromatic heterocycles. The molecule has 0 N–H and O–H groups in total. The molecule has 0 aliphatic carbocycles. The van der Waals surface area contributed by atoms with Crippen molar-refractivity contribution in [2.45, 2.75) is 46.3 Å². The lowest BCUT2D eigenvalue weighted by Crippen LogP contribution is -2.51. The van der Waals surface area contributed by atoms with Crippen molar-refractivity contribution in [2.24, 2.45) is 0 Å². The smallest absolute Gasteiger partial charge is 0.410 e. The zero-order valence-electron chi connectivity index (χ0n) is 29.2.